The third kappa shape index (κ3) is 4.44. The molecule has 0 saturated heterocycles. The van der Waals surface area contributed by atoms with Crippen LogP contribution in [0.15, 0.2) is 18.2 Å². The summed E-state index contributed by atoms with van der Waals surface area (Å²) in [7, 11) is -3.50. The van der Waals surface area contributed by atoms with Crippen LogP contribution < -0.4 is 9.46 Å². The molecule has 0 atom stereocenters. The summed E-state index contributed by atoms with van der Waals surface area (Å²) in [6.45, 7) is 4.44. The average molecular weight is 278 g/mol. The standard InChI is InChI=1S/C11H16ClNO3S/c1-3-6-16-11-7-9(2)4-5-10(11)13-17(14,15)8-12/h4-5,7,13H,3,6,8H2,1-2H3. The zero-order chi connectivity index (χ0) is 12.9. The fourth-order valence-corrected chi connectivity index (χ4v) is 1.96. The highest BCUT2D eigenvalue weighted by Gasteiger charge is 2.12. The summed E-state index contributed by atoms with van der Waals surface area (Å²) in [4.78, 5) is 0. The molecule has 96 valence electrons. The van der Waals surface area contributed by atoms with Gasteiger partial charge < -0.3 is 4.74 Å². The van der Waals surface area contributed by atoms with Gasteiger partial charge in [0.05, 0.1) is 12.3 Å². The van der Waals surface area contributed by atoms with Crippen molar-refractivity contribution in [3.8, 4) is 5.75 Å². The first-order valence-corrected chi connectivity index (χ1v) is 7.47. The van der Waals surface area contributed by atoms with Crippen LogP contribution in [0.1, 0.15) is 18.9 Å². The minimum absolute atomic E-state index is 0.421. The molecule has 1 aromatic rings. The van der Waals surface area contributed by atoms with Crippen molar-refractivity contribution >= 4 is 27.3 Å². The van der Waals surface area contributed by atoms with Gasteiger partial charge in [0, 0.05) is 0 Å². The summed E-state index contributed by atoms with van der Waals surface area (Å²) >= 11 is 5.34. The van der Waals surface area contributed by atoms with Gasteiger partial charge in [0.1, 0.15) is 11.0 Å². The second-order valence-electron chi connectivity index (χ2n) is 3.67. The number of nitrogens with one attached hydrogen (secondary N) is 1. The molecule has 1 N–H and O–H groups in total. The van der Waals surface area contributed by atoms with Crippen LogP contribution in [0.5, 0.6) is 5.75 Å². The van der Waals surface area contributed by atoms with Crippen molar-refractivity contribution in [1.82, 2.24) is 0 Å². The Morgan fingerprint density at radius 2 is 2.12 bits per heavy atom. The molecule has 0 heterocycles. The molecule has 0 fully saturated rings. The maximum absolute atomic E-state index is 11.4. The van der Waals surface area contributed by atoms with E-state index in [-0.39, 0.29) is 0 Å². The van der Waals surface area contributed by atoms with Crippen molar-refractivity contribution in [2.45, 2.75) is 20.3 Å². The van der Waals surface area contributed by atoms with Crippen molar-refractivity contribution in [1.29, 1.82) is 0 Å². The van der Waals surface area contributed by atoms with Crippen LogP contribution >= 0.6 is 11.6 Å². The summed E-state index contributed by atoms with van der Waals surface area (Å²) in [6.07, 6.45) is 0.857. The highest BCUT2D eigenvalue weighted by molar-refractivity contribution is 7.93. The molecule has 17 heavy (non-hydrogen) atoms. The van der Waals surface area contributed by atoms with E-state index >= 15 is 0 Å². The number of benzene rings is 1. The summed E-state index contributed by atoms with van der Waals surface area (Å²) < 4.78 is 30.6. The summed E-state index contributed by atoms with van der Waals surface area (Å²) in [6, 6.07) is 5.27. The summed E-state index contributed by atoms with van der Waals surface area (Å²) in [5.41, 5.74) is 1.43. The molecule has 0 aromatic heterocycles. The third-order valence-corrected chi connectivity index (χ3v) is 3.69. The second-order valence-corrected chi connectivity index (χ2v) is 5.98. The lowest BCUT2D eigenvalue weighted by Crippen LogP contribution is -2.14. The first-order chi connectivity index (χ1) is 7.98. The van der Waals surface area contributed by atoms with E-state index < -0.39 is 15.2 Å². The minimum Gasteiger partial charge on any atom is -0.491 e. The zero-order valence-electron chi connectivity index (χ0n) is 9.86. The van der Waals surface area contributed by atoms with E-state index in [0.29, 0.717) is 18.0 Å². The van der Waals surface area contributed by atoms with Crippen LogP contribution in [0.3, 0.4) is 0 Å². The molecule has 4 nitrogen and oxygen atoms in total. The Balaban J connectivity index is 2.97. The first kappa shape index (κ1) is 14.1. The first-order valence-electron chi connectivity index (χ1n) is 5.28. The van der Waals surface area contributed by atoms with Crippen LogP contribution in [-0.2, 0) is 10.0 Å². The Morgan fingerprint density at radius 1 is 1.41 bits per heavy atom. The Bertz CT molecular complexity index is 474. The van der Waals surface area contributed by atoms with E-state index in [1.165, 1.54) is 0 Å². The van der Waals surface area contributed by atoms with Gasteiger partial charge in [-0.05, 0) is 31.0 Å². The third-order valence-electron chi connectivity index (χ3n) is 2.01. The minimum atomic E-state index is -3.50. The molecule has 1 aromatic carbocycles. The van der Waals surface area contributed by atoms with E-state index in [0.717, 1.165) is 12.0 Å². The van der Waals surface area contributed by atoms with Gasteiger partial charge in [0.15, 0.2) is 0 Å². The van der Waals surface area contributed by atoms with Gasteiger partial charge in [0.2, 0.25) is 10.0 Å². The molecule has 0 unspecified atom stereocenters. The Kier molecular flexibility index (Phi) is 5.08. The maximum atomic E-state index is 11.4. The smallest absolute Gasteiger partial charge is 0.246 e. The van der Waals surface area contributed by atoms with Gasteiger partial charge >= 0.3 is 0 Å². The van der Waals surface area contributed by atoms with Crippen molar-refractivity contribution < 1.29 is 13.2 Å². The molecule has 0 bridgehead atoms. The number of anilines is 1. The van der Waals surface area contributed by atoms with Gasteiger partial charge in [-0.15, -0.1) is 11.6 Å². The predicted octanol–water partition coefficient (Wildman–Crippen LogP) is 2.72. The van der Waals surface area contributed by atoms with E-state index in [1.54, 1.807) is 12.1 Å². The molecule has 0 amide bonds. The van der Waals surface area contributed by atoms with Gasteiger partial charge in [-0.1, -0.05) is 13.0 Å². The van der Waals surface area contributed by atoms with Gasteiger partial charge in [-0.25, -0.2) is 8.42 Å². The second kappa shape index (κ2) is 6.12. The SMILES string of the molecule is CCCOc1cc(C)ccc1NS(=O)(=O)CCl. The molecule has 6 heteroatoms. The number of rotatable bonds is 6. The van der Waals surface area contributed by atoms with Crippen LogP contribution in [-0.4, -0.2) is 20.2 Å². The largest absolute Gasteiger partial charge is 0.491 e. The molecule has 0 aliphatic rings. The lowest BCUT2D eigenvalue weighted by atomic mass is 10.2. The van der Waals surface area contributed by atoms with Gasteiger partial charge in [-0.2, -0.15) is 0 Å². The molecule has 0 aliphatic heterocycles. The van der Waals surface area contributed by atoms with E-state index in [4.69, 9.17) is 16.3 Å². The molecular formula is C11H16ClNO3S. The molecule has 1 rings (SSSR count). The van der Waals surface area contributed by atoms with Gasteiger partial charge in [0.25, 0.3) is 0 Å². The molecule has 0 spiro atoms. The Labute approximate surface area is 107 Å². The van der Waals surface area contributed by atoms with Crippen LogP contribution in [0, 0.1) is 6.92 Å². The number of halogens is 1. The highest BCUT2D eigenvalue weighted by Crippen LogP contribution is 2.27. The van der Waals surface area contributed by atoms with Gasteiger partial charge in [-0.3, -0.25) is 4.72 Å². The lowest BCUT2D eigenvalue weighted by molar-refractivity contribution is 0.319. The number of hydrogen-bond acceptors (Lipinski definition) is 3. The predicted molar refractivity (Wildman–Crippen MR) is 70.2 cm³/mol. The number of hydrogen-bond donors (Lipinski definition) is 1. The molecule has 0 saturated carbocycles. The Hall–Kier alpha value is -0.940. The monoisotopic (exact) mass is 277 g/mol. The normalized spacial score (nSPS) is 11.2. The quantitative estimate of drug-likeness (QED) is 0.814. The molecular weight excluding hydrogens is 262 g/mol. The molecule has 0 aliphatic carbocycles. The molecule has 0 radical (unpaired) electrons. The number of sulfonamides is 1. The fourth-order valence-electron chi connectivity index (χ4n) is 1.24. The number of ether oxygens (including phenoxy) is 1. The Morgan fingerprint density at radius 3 is 2.71 bits per heavy atom. The van der Waals surface area contributed by atoms with E-state index in [1.807, 2.05) is 19.9 Å². The highest BCUT2D eigenvalue weighted by atomic mass is 35.5. The van der Waals surface area contributed by atoms with Crippen LogP contribution in [0.25, 0.3) is 0 Å². The van der Waals surface area contributed by atoms with Crippen molar-refractivity contribution in [3.05, 3.63) is 23.8 Å². The average Bonchev–Trinajstić information content (AvgIpc) is 2.29. The van der Waals surface area contributed by atoms with Crippen molar-refractivity contribution in [3.63, 3.8) is 0 Å². The summed E-state index contributed by atoms with van der Waals surface area (Å²) in [5, 5.41) is -0.478. The van der Waals surface area contributed by atoms with Crippen molar-refractivity contribution in [2.24, 2.45) is 0 Å². The number of alkyl halides is 1. The topological polar surface area (TPSA) is 55.4 Å². The number of aryl methyl sites for hydroxylation is 1. The zero-order valence-corrected chi connectivity index (χ0v) is 11.4. The maximum Gasteiger partial charge on any atom is 0.246 e. The summed E-state index contributed by atoms with van der Waals surface area (Å²) in [5.74, 6) is 0.528. The van der Waals surface area contributed by atoms with E-state index in [9.17, 15) is 8.42 Å². The fraction of sp³-hybridized carbons (Fsp3) is 0.455. The van der Waals surface area contributed by atoms with Crippen molar-refractivity contribution in [2.75, 3.05) is 16.5 Å². The van der Waals surface area contributed by atoms with Crippen LogP contribution in [0.2, 0.25) is 0 Å². The van der Waals surface area contributed by atoms with Crippen LogP contribution in [0.4, 0.5) is 5.69 Å². The van der Waals surface area contributed by atoms with E-state index in [2.05, 4.69) is 4.72 Å². The lowest BCUT2D eigenvalue weighted by Gasteiger charge is -2.13.